The van der Waals surface area contributed by atoms with Crippen molar-refractivity contribution in [1.82, 2.24) is 5.32 Å². The maximum Gasteiger partial charge on any atom is 0.255 e. The zero-order valence-corrected chi connectivity index (χ0v) is 13.9. The first-order valence-electron chi connectivity index (χ1n) is 8.11. The number of halogens is 1. The van der Waals surface area contributed by atoms with Gasteiger partial charge in [-0.05, 0) is 42.5 Å². The van der Waals surface area contributed by atoms with Crippen molar-refractivity contribution in [2.24, 2.45) is 0 Å². The number of para-hydroxylation sites is 1. The van der Waals surface area contributed by atoms with E-state index in [2.05, 4.69) is 10.6 Å². The standard InChI is InChI=1S/C21H17FN2O2/c22-19-9-5-4-6-17(19)14-23-20(25)15-10-12-16(13-11-15)21(26)24-18-7-2-1-3-8-18/h1-13H,14H2,(H,23,25)(H,24,26). The predicted octanol–water partition coefficient (Wildman–Crippen LogP) is 4.01. The molecule has 0 aromatic heterocycles. The molecular weight excluding hydrogens is 331 g/mol. The summed E-state index contributed by atoms with van der Waals surface area (Å²) in [7, 11) is 0. The van der Waals surface area contributed by atoms with Gasteiger partial charge in [0.25, 0.3) is 11.8 Å². The smallest absolute Gasteiger partial charge is 0.255 e. The Bertz CT molecular complexity index is 909. The summed E-state index contributed by atoms with van der Waals surface area (Å²) in [6.45, 7) is 0.0990. The van der Waals surface area contributed by atoms with Crippen LogP contribution in [0.1, 0.15) is 26.3 Å². The van der Waals surface area contributed by atoms with Gasteiger partial charge < -0.3 is 10.6 Å². The van der Waals surface area contributed by atoms with Gasteiger partial charge in [0.1, 0.15) is 5.82 Å². The first kappa shape index (κ1) is 17.4. The summed E-state index contributed by atoms with van der Waals surface area (Å²) in [6.07, 6.45) is 0. The van der Waals surface area contributed by atoms with E-state index in [9.17, 15) is 14.0 Å². The fraction of sp³-hybridized carbons (Fsp3) is 0.0476. The van der Waals surface area contributed by atoms with Gasteiger partial charge in [0.2, 0.25) is 0 Å². The first-order valence-corrected chi connectivity index (χ1v) is 8.11. The van der Waals surface area contributed by atoms with E-state index in [4.69, 9.17) is 0 Å². The Balaban J connectivity index is 1.61. The lowest BCUT2D eigenvalue weighted by Gasteiger charge is -2.08. The molecule has 0 heterocycles. The predicted molar refractivity (Wildman–Crippen MR) is 98.4 cm³/mol. The van der Waals surface area contributed by atoms with Crippen molar-refractivity contribution >= 4 is 17.5 Å². The first-order chi connectivity index (χ1) is 12.6. The second-order valence-electron chi connectivity index (χ2n) is 5.67. The highest BCUT2D eigenvalue weighted by Crippen LogP contribution is 2.11. The molecule has 4 nitrogen and oxygen atoms in total. The average Bonchev–Trinajstić information content (AvgIpc) is 2.68. The molecule has 2 N–H and O–H groups in total. The number of anilines is 1. The van der Waals surface area contributed by atoms with E-state index >= 15 is 0 Å². The topological polar surface area (TPSA) is 58.2 Å². The summed E-state index contributed by atoms with van der Waals surface area (Å²) < 4.78 is 13.6. The summed E-state index contributed by atoms with van der Waals surface area (Å²) in [5, 5.41) is 5.44. The fourth-order valence-corrected chi connectivity index (χ4v) is 2.42. The number of hydrogen-bond acceptors (Lipinski definition) is 2. The molecular formula is C21H17FN2O2. The maximum atomic E-state index is 13.6. The molecule has 0 aliphatic rings. The van der Waals surface area contributed by atoms with Crippen molar-refractivity contribution in [2.45, 2.75) is 6.54 Å². The molecule has 0 spiro atoms. The molecule has 0 saturated heterocycles. The zero-order chi connectivity index (χ0) is 18.4. The number of benzene rings is 3. The second-order valence-corrected chi connectivity index (χ2v) is 5.67. The van der Waals surface area contributed by atoms with Crippen LogP contribution in [-0.4, -0.2) is 11.8 Å². The van der Waals surface area contributed by atoms with Gasteiger partial charge in [-0.3, -0.25) is 9.59 Å². The Morgan fingerprint density at radius 1 is 0.731 bits per heavy atom. The molecule has 0 aliphatic carbocycles. The van der Waals surface area contributed by atoms with Gasteiger partial charge in [-0.15, -0.1) is 0 Å². The van der Waals surface area contributed by atoms with Crippen molar-refractivity contribution in [3.05, 3.63) is 101 Å². The van der Waals surface area contributed by atoms with E-state index < -0.39 is 0 Å². The number of amides is 2. The summed E-state index contributed by atoms with van der Waals surface area (Å²) in [6, 6.07) is 21.7. The molecule has 0 saturated carbocycles. The third-order valence-electron chi connectivity index (χ3n) is 3.84. The number of hydrogen-bond donors (Lipinski definition) is 2. The summed E-state index contributed by atoms with van der Waals surface area (Å²) in [4.78, 5) is 24.4. The molecule has 0 aliphatic heterocycles. The van der Waals surface area contributed by atoms with E-state index in [1.165, 1.54) is 6.07 Å². The number of carbonyl (C=O) groups is 2. The minimum Gasteiger partial charge on any atom is -0.348 e. The fourth-order valence-electron chi connectivity index (χ4n) is 2.42. The third-order valence-corrected chi connectivity index (χ3v) is 3.84. The Morgan fingerprint density at radius 2 is 1.31 bits per heavy atom. The molecule has 0 atom stereocenters. The van der Waals surface area contributed by atoms with Crippen LogP contribution in [0.5, 0.6) is 0 Å². The van der Waals surface area contributed by atoms with E-state index in [-0.39, 0.29) is 24.2 Å². The number of nitrogens with one attached hydrogen (secondary N) is 2. The second kappa shape index (κ2) is 8.07. The molecule has 0 radical (unpaired) electrons. The highest BCUT2D eigenvalue weighted by Gasteiger charge is 2.10. The van der Waals surface area contributed by atoms with Gasteiger partial charge in [-0.2, -0.15) is 0 Å². The number of carbonyl (C=O) groups excluding carboxylic acids is 2. The molecule has 0 bridgehead atoms. The Hall–Kier alpha value is -3.47. The van der Waals surface area contributed by atoms with Crippen LogP contribution in [-0.2, 0) is 6.54 Å². The van der Waals surface area contributed by atoms with Crippen LogP contribution in [0.4, 0.5) is 10.1 Å². The SMILES string of the molecule is O=C(NCc1ccccc1F)c1ccc(C(=O)Nc2ccccc2)cc1. The molecule has 3 rings (SSSR count). The van der Waals surface area contributed by atoms with E-state index in [0.717, 1.165) is 0 Å². The molecule has 5 heteroatoms. The normalized spacial score (nSPS) is 10.2. The molecule has 26 heavy (non-hydrogen) atoms. The molecule has 0 unspecified atom stereocenters. The van der Waals surface area contributed by atoms with Crippen molar-refractivity contribution < 1.29 is 14.0 Å². The van der Waals surface area contributed by atoms with Crippen molar-refractivity contribution in [1.29, 1.82) is 0 Å². The zero-order valence-electron chi connectivity index (χ0n) is 13.9. The minimum atomic E-state index is -0.360. The van der Waals surface area contributed by atoms with Gasteiger partial charge in [0, 0.05) is 28.9 Å². The van der Waals surface area contributed by atoms with Crippen LogP contribution in [0, 0.1) is 5.82 Å². The van der Waals surface area contributed by atoms with Crippen LogP contribution in [0.2, 0.25) is 0 Å². The van der Waals surface area contributed by atoms with E-state index in [0.29, 0.717) is 22.4 Å². The van der Waals surface area contributed by atoms with Crippen LogP contribution in [0.15, 0.2) is 78.9 Å². The van der Waals surface area contributed by atoms with Gasteiger partial charge in [-0.1, -0.05) is 36.4 Å². The molecule has 0 fully saturated rings. The van der Waals surface area contributed by atoms with Crippen LogP contribution in [0.25, 0.3) is 0 Å². The van der Waals surface area contributed by atoms with E-state index in [1.54, 1.807) is 54.6 Å². The molecule has 3 aromatic carbocycles. The lowest BCUT2D eigenvalue weighted by atomic mass is 10.1. The maximum absolute atomic E-state index is 13.6. The van der Waals surface area contributed by atoms with Crippen molar-refractivity contribution in [3.8, 4) is 0 Å². The van der Waals surface area contributed by atoms with E-state index in [1.807, 2.05) is 18.2 Å². The van der Waals surface area contributed by atoms with Gasteiger partial charge in [0.05, 0.1) is 0 Å². The van der Waals surface area contributed by atoms with Gasteiger partial charge in [-0.25, -0.2) is 4.39 Å². The largest absolute Gasteiger partial charge is 0.348 e. The molecule has 2 amide bonds. The quantitative estimate of drug-likeness (QED) is 0.732. The van der Waals surface area contributed by atoms with Crippen molar-refractivity contribution in [2.75, 3.05) is 5.32 Å². The van der Waals surface area contributed by atoms with Crippen molar-refractivity contribution in [3.63, 3.8) is 0 Å². The van der Waals surface area contributed by atoms with Gasteiger partial charge in [0.15, 0.2) is 0 Å². The number of rotatable bonds is 5. The summed E-state index contributed by atoms with van der Waals surface area (Å²) >= 11 is 0. The summed E-state index contributed by atoms with van der Waals surface area (Å²) in [5.41, 5.74) is 1.96. The summed E-state index contributed by atoms with van der Waals surface area (Å²) in [5.74, 6) is -0.946. The highest BCUT2D eigenvalue weighted by atomic mass is 19.1. The van der Waals surface area contributed by atoms with Crippen LogP contribution >= 0.6 is 0 Å². The molecule has 130 valence electrons. The minimum absolute atomic E-state index is 0.0990. The monoisotopic (exact) mass is 348 g/mol. The average molecular weight is 348 g/mol. The lowest BCUT2D eigenvalue weighted by molar-refractivity contribution is 0.0948. The van der Waals surface area contributed by atoms with Crippen LogP contribution in [0.3, 0.4) is 0 Å². The Kier molecular flexibility index (Phi) is 5.39. The lowest BCUT2D eigenvalue weighted by Crippen LogP contribution is -2.23. The Morgan fingerprint density at radius 3 is 1.96 bits per heavy atom. The highest BCUT2D eigenvalue weighted by molar-refractivity contribution is 6.05. The molecule has 3 aromatic rings. The Labute approximate surface area is 150 Å². The van der Waals surface area contributed by atoms with Gasteiger partial charge >= 0.3 is 0 Å². The van der Waals surface area contributed by atoms with Crippen LogP contribution < -0.4 is 10.6 Å². The third kappa shape index (κ3) is 4.33.